The van der Waals surface area contributed by atoms with Crippen LogP contribution in [0.25, 0.3) is 0 Å². The molecule has 1 rings (SSSR count). The molecule has 1 aromatic rings. The van der Waals surface area contributed by atoms with Crippen LogP contribution in [0.5, 0.6) is 0 Å². The molecule has 0 spiro atoms. The second-order valence-electron chi connectivity index (χ2n) is 5.46. The molecule has 1 aromatic carbocycles. The average Bonchev–Trinajstić information content (AvgIpc) is 2.45. The Morgan fingerprint density at radius 3 is 2.67 bits per heavy atom. The summed E-state index contributed by atoms with van der Waals surface area (Å²) in [6, 6.07) is 7.68. The number of ether oxygens (including phenoxy) is 1. The molecule has 5 nitrogen and oxygen atoms in total. The van der Waals surface area contributed by atoms with E-state index in [0.717, 1.165) is 11.1 Å². The molecule has 3 N–H and O–H groups in total. The number of carbonyl (C=O) groups excluding carboxylic acids is 1. The van der Waals surface area contributed by atoms with E-state index in [0.29, 0.717) is 26.1 Å². The summed E-state index contributed by atoms with van der Waals surface area (Å²) < 4.78 is 5.08. The highest BCUT2D eigenvalue weighted by Gasteiger charge is 2.09. The minimum Gasteiger partial charge on any atom is -0.393 e. The van der Waals surface area contributed by atoms with Gasteiger partial charge in [-0.2, -0.15) is 0 Å². The fourth-order valence-electron chi connectivity index (χ4n) is 1.91. The number of hydrogen-bond acceptors (Lipinski definition) is 3. The molecule has 1 atom stereocenters. The standard InChI is InChI=1S/C16H26N2O3/c1-12(2)15(19)7-8-17-16(20)18-10-13-5-4-6-14(9-13)11-21-3/h4-6,9,12,15,19H,7-8,10-11H2,1-3H3,(H2,17,18,20). The average molecular weight is 294 g/mol. The van der Waals surface area contributed by atoms with Crippen LogP contribution < -0.4 is 10.6 Å². The van der Waals surface area contributed by atoms with Gasteiger partial charge in [0, 0.05) is 20.2 Å². The van der Waals surface area contributed by atoms with Gasteiger partial charge in [-0.05, 0) is 23.5 Å². The SMILES string of the molecule is COCc1cccc(CNC(=O)NCCC(O)C(C)C)c1. The maximum atomic E-state index is 11.6. The summed E-state index contributed by atoms with van der Waals surface area (Å²) in [5.41, 5.74) is 2.11. The second kappa shape index (κ2) is 9.37. The Hall–Kier alpha value is -1.59. The first kappa shape index (κ1) is 17.5. The summed E-state index contributed by atoms with van der Waals surface area (Å²) in [6.07, 6.45) is 0.185. The number of urea groups is 1. The van der Waals surface area contributed by atoms with Gasteiger partial charge in [0.15, 0.2) is 0 Å². The third-order valence-corrected chi connectivity index (χ3v) is 3.25. The second-order valence-corrected chi connectivity index (χ2v) is 5.46. The number of benzene rings is 1. The van der Waals surface area contributed by atoms with Crippen molar-refractivity contribution in [2.45, 2.75) is 39.5 Å². The Morgan fingerprint density at radius 2 is 2.00 bits per heavy atom. The third-order valence-electron chi connectivity index (χ3n) is 3.25. The summed E-state index contributed by atoms with van der Waals surface area (Å²) in [5, 5.41) is 15.2. The van der Waals surface area contributed by atoms with Crippen LogP contribution in [0.3, 0.4) is 0 Å². The van der Waals surface area contributed by atoms with Gasteiger partial charge in [-0.15, -0.1) is 0 Å². The number of hydrogen-bond donors (Lipinski definition) is 3. The van der Waals surface area contributed by atoms with Crippen molar-refractivity contribution in [3.63, 3.8) is 0 Å². The van der Waals surface area contributed by atoms with Crippen molar-refractivity contribution in [1.82, 2.24) is 10.6 Å². The van der Waals surface area contributed by atoms with E-state index >= 15 is 0 Å². The molecular weight excluding hydrogens is 268 g/mol. The highest BCUT2D eigenvalue weighted by atomic mass is 16.5. The number of nitrogens with one attached hydrogen (secondary N) is 2. The first-order valence-corrected chi connectivity index (χ1v) is 7.29. The molecule has 5 heteroatoms. The van der Waals surface area contributed by atoms with Crippen LogP contribution in [-0.2, 0) is 17.9 Å². The van der Waals surface area contributed by atoms with Crippen molar-refractivity contribution in [2.75, 3.05) is 13.7 Å². The number of rotatable bonds is 8. The molecule has 118 valence electrons. The number of methoxy groups -OCH3 is 1. The smallest absolute Gasteiger partial charge is 0.315 e. The Kier molecular flexibility index (Phi) is 7.79. The van der Waals surface area contributed by atoms with E-state index in [2.05, 4.69) is 10.6 Å². The maximum absolute atomic E-state index is 11.6. The van der Waals surface area contributed by atoms with Gasteiger partial charge in [0.05, 0.1) is 12.7 Å². The van der Waals surface area contributed by atoms with E-state index in [4.69, 9.17) is 4.74 Å². The van der Waals surface area contributed by atoms with Gasteiger partial charge in [-0.3, -0.25) is 0 Å². The Bertz CT molecular complexity index is 435. The summed E-state index contributed by atoms with van der Waals surface area (Å²) in [5.74, 6) is 0.207. The highest BCUT2D eigenvalue weighted by molar-refractivity contribution is 5.73. The van der Waals surface area contributed by atoms with Gasteiger partial charge in [-0.1, -0.05) is 38.1 Å². The zero-order valence-electron chi connectivity index (χ0n) is 13.1. The van der Waals surface area contributed by atoms with Crippen LogP contribution in [-0.4, -0.2) is 30.9 Å². The van der Waals surface area contributed by atoms with Crippen molar-refractivity contribution < 1.29 is 14.6 Å². The van der Waals surface area contributed by atoms with Gasteiger partial charge in [0.25, 0.3) is 0 Å². The van der Waals surface area contributed by atoms with E-state index in [1.54, 1.807) is 7.11 Å². The van der Waals surface area contributed by atoms with E-state index in [1.807, 2.05) is 38.1 Å². The van der Waals surface area contributed by atoms with Crippen molar-refractivity contribution in [3.8, 4) is 0 Å². The van der Waals surface area contributed by atoms with Crippen LogP contribution in [0, 0.1) is 5.92 Å². The third kappa shape index (κ3) is 7.11. The quantitative estimate of drug-likeness (QED) is 0.687. The highest BCUT2D eigenvalue weighted by Crippen LogP contribution is 2.06. The van der Waals surface area contributed by atoms with E-state index in [9.17, 15) is 9.90 Å². The van der Waals surface area contributed by atoms with Gasteiger partial charge < -0.3 is 20.5 Å². The number of amides is 2. The summed E-state index contributed by atoms with van der Waals surface area (Å²) in [6.45, 7) is 5.41. The lowest BCUT2D eigenvalue weighted by molar-refractivity contribution is 0.116. The van der Waals surface area contributed by atoms with Crippen LogP contribution in [0.4, 0.5) is 4.79 Å². The van der Waals surface area contributed by atoms with Gasteiger partial charge in [-0.25, -0.2) is 4.79 Å². The zero-order valence-corrected chi connectivity index (χ0v) is 13.1. The van der Waals surface area contributed by atoms with Gasteiger partial charge in [0.2, 0.25) is 0 Å². The van der Waals surface area contributed by atoms with Gasteiger partial charge >= 0.3 is 6.03 Å². The number of carbonyl (C=O) groups is 1. The molecule has 0 aliphatic rings. The monoisotopic (exact) mass is 294 g/mol. The molecule has 0 heterocycles. The zero-order chi connectivity index (χ0) is 15.7. The number of aliphatic hydroxyl groups excluding tert-OH is 1. The largest absolute Gasteiger partial charge is 0.393 e. The molecule has 0 saturated carbocycles. The molecule has 0 aromatic heterocycles. The molecule has 1 unspecified atom stereocenters. The first-order chi connectivity index (χ1) is 10.0. The molecule has 0 aliphatic carbocycles. The molecule has 0 aliphatic heterocycles. The Balaban J connectivity index is 2.28. The van der Waals surface area contributed by atoms with Crippen LogP contribution in [0.15, 0.2) is 24.3 Å². The predicted octanol–water partition coefficient (Wildman–Crippen LogP) is 2.04. The minimum atomic E-state index is -0.379. The maximum Gasteiger partial charge on any atom is 0.315 e. The Morgan fingerprint density at radius 1 is 1.29 bits per heavy atom. The molecule has 0 fully saturated rings. The van der Waals surface area contributed by atoms with Crippen LogP contribution >= 0.6 is 0 Å². The lowest BCUT2D eigenvalue weighted by Gasteiger charge is -2.14. The van der Waals surface area contributed by atoms with Crippen molar-refractivity contribution in [1.29, 1.82) is 0 Å². The summed E-state index contributed by atoms with van der Waals surface area (Å²) in [7, 11) is 1.66. The fourth-order valence-corrected chi connectivity index (χ4v) is 1.91. The van der Waals surface area contributed by atoms with Crippen molar-refractivity contribution in [2.24, 2.45) is 5.92 Å². The first-order valence-electron chi connectivity index (χ1n) is 7.29. The minimum absolute atomic E-state index is 0.207. The summed E-state index contributed by atoms with van der Waals surface area (Å²) in [4.78, 5) is 11.6. The summed E-state index contributed by atoms with van der Waals surface area (Å²) >= 11 is 0. The molecule has 0 bridgehead atoms. The van der Waals surface area contributed by atoms with Crippen LogP contribution in [0.1, 0.15) is 31.4 Å². The molecule has 0 radical (unpaired) electrons. The predicted molar refractivity (Wildman–Crippen MR) is 82.9 cm³/mol. The lowest BCUT2D eigenvalue weighted by Crippen LogP contribution is -2.37. The van der Waals surface area contributed by atoms with Crippen LogP contribution in [0.2, 0.25) is 0 Å². The normalized spacial score (nSPS) is 12.2. The molecule has 0 saturated heterocycles. The fraction of sp³-hybridized carbons (Fsp3) is 0.562. The Labute approximate surface area is 126 Å². The van der Waals surface area contributed by atoms with Gasteiger partial charge in [0.1, 0.15) is 0 Å². The van der Waals surface area contributed by atoms with Crippen molar-refractivity contribution >= 4 is 6.03 Å². The lowest BCUT2D eigenvalue weighted by atomic mass is 10.0. The van der Waals surface area contributed by atoms with E-state index in [-0.39, 0.29) is 18.1 Å². The van der Waals surface area contributed by atoms with E-state index in [1.165, 1.54) is 0 Å². The topological polar surface area (TPSA) is 70.6 Å². The van der Waals surface area contributed by atoms with E-state index < -0.39 is 0 Å². The molecule has 2 amide bonds. The molecular formula is C16H26N2O3. The molecule has 21 heavy (non-hydrogen) atoms. The number of aliphatic hydroxyl groups is 1. The van der Waals surface area contributed by atoms with Crippen molar-refractivity contribution in [3.05, 3.63) is 35.4 Å².